The Balaban J connectivity index is 3.67. The van der Waals surface area contributed by atoms with Crippen molar-refractivity contribution in [1.29, 1.82) is 0 Å². The Bertz CT molecular complexity index is 159. The van der Waals surface area contributed by atoms with Crippen molar-refractivity contribution in [2.24, 2.45) is 0 Å². The molecule has 6 heteroatoms. The standard InChI is InChI=1S/C7H17O5P/c1-3-11-7(8)5-6-13(9,10)12-4-2/h9-10,13H,3-6H2,1-2H3. The number of esters is 1. The zero-order valence-electron chi connectivity index (χ0n) is 7.95. The predicted molar refractivity (Wildman–Crippen MR) is 50.5 cm³/mol. The first-order valence-corrected chi connectivity index (χ1v) is 6.27. The topological polar surface area (TPSA) is 76.0 Å². The average molecular weight is 212 g/mol. The van der Waals surface area contributed by atoms with Crippen LogP contribution in [0.3, 0.4) is 0 Å². The Hall–Kier alpha value is -0.220. The molecule has 0 heterocycles. The Morgan fingerprint density at radius 1 is 1.31 bits per heavy atom. The van der Waals surface area contributed by atoms with Crippen molar-refractivity contribution in [2.75, 3.05) is 19.4 Å². The third kappa shape index (κ3) is 6.90. The summed E-state index contributed by atoms with van der Waals surface area (Å²) in [5, 5.41) is 0. The van der Waals surface area contributed by atoms with E-state index in [2.05, 4.69) is 4.74 Å². The van der Waals surface area contributed by atoms with E-state index in [1.54, 1.807) is 13.8 Å². The van der Waals surface area contributed by atoms with Crippen molar-refractivity contribution >= 4 is 13.9 Å². The van der Waals surface area contributed by atoms with Gasteiger partial charge in [0.2, 0.25) is 0 Å². The van der Waals surface area contributed by atoms with Gasteiger partial charge in [-0.3, -0.25) is 0 Å². The molecule has 0 atom stereocenters. The molecular formula is C7H17O5P. The molecule has 0 aromatic rings. The average Bonchev–Trinajstić information content (AvgIpc) is 2.02. The first-order valence-electron chi connectivity index (χ1n) is 4.26. The van der Waals surface area contributed by atoms with E-state index in [4.69, 9.17) is 4.52 Å². The minimum absolute atomic E-state index is 0.00688. The van der Waals surface area contributed by atoms with Gasteiger partial charge in [-0.05, 0) is 0 Å². The Morgan fingerprint density at radius 3 is 2.38 bits per heavy atom. The molecule has 0 saturated carbocycles. The van der Waals surface area contributed by atoms with Crippen LogP contribution in [0.4, 0.5) is 0 Å². The van der Waals surface area contributed by atoms with Gasteiger partial charge in [-0.1, -0.05) is 0 Å². The molecule has 2 N–H and O–H groups in total. The van der Waals surface area contributed by atoms with Gasteiger partial charge in [0.15, 0.2) is 0 Å². The maximum atomic E-state index is 10.8. The van der Waals surface area contributed by atoms with E-state index in [-0.39, 0.29) is 19.2 Å². The molecule has 0 bridgehead atoms. The molecule has 0 radical (unpaired) electrons. The second kappa shape index (κ2) is 6.27. The van der Waals surface area contributed by atoms with Crippen LogP contribution in [0.5, 0.6) is 0 Å². The van der Waals surface area contributed by atoms with Gasteiger partial charge < -0.3 is 0 Å². The van der Waals surface area contributed by atoms with E-state index in [0.717, 1.165) is 0 Å². The van der Waals surface area contributed by atoms with Gasteiger partial charge in [0, 0.05) is 0 Å². The molecule has 0 amide bonds. The molecule has 0 aliphatic heterocycles. The molecule has 0 saturated heterocycles. The SMILES string of the molecule is CCOC(=O)CC[PH](O)(O)OCC. The number of hydrogen-bond donors (Lipinski definition) is 2. The molecular weight excluding hydrogens is 195 g/mol. The van der Waals surface area contributed by atoms with Crippen LogP contribution < -0.4 is 0 Å². The third-order valence-corrected chi connectivity index (χ3v) is 2.99. The summed E-state index contributed by atoms with van der Waals surface area (Å²) in [7, 11) is -3.60. The fourth-order valence-electron chi connectivity index (χ4n) is 0.801. The molecule has 80 valence electrons. The van der Waals surface area contributed by atoms with Gasteiger partial charge in [-0.25, -0.2) is 0 Å². The zero-order valence-corrected chi connectivity index (χ0v) is 8.95. The zero-order chi connectivity index (χ0) is 10.3. The van der Waals surface area contributed by atoms with Crippen LogP contribution in [0.1, 0.15) is 20.3 Å². The quantitative estimate of drug-likeness (QED) is 0.494. The van der Waals surface area contributed by atoms with E-state index in [1.165, 1.54) is 0 Å². The van der Waals surface area contributed by atoms with Crippen LogP contribution in [-0.2, 0) is 14.1 Å². The van der Waals surface area contributed by atoms with Crippen LogP contribution in [0, 0.1) is 0 Å². The summed E-state index contributed by atoms with van der Waals surface area (Å²) in [4.78, 5) is 29.2. The molecule has 0 fully saturated rings. The summed E-state index contributed by atoms with van der Waals surface area (Å²) in [6.07, 6.45) is -0.0489. The van der Waals surface area contributed by atoms with Gasteiger partial charge in [0.25, 0.3) is 0 Å². The number of ether oxygens (including phenoxy) is 1. The van der Waals surface area contributed by atoms with E-state index in [0.29, 0.717) is 6.61 Å². The van der Waals surface area contributed by atoms with Crippen molar-refractivity contribution in [2.45, 2.75) is 20.3 Å². The molecule has 13 heavy (non-hydrogen) atoms. The number of carbonyl (C=O) groups is 1. The van der Waals surface area contributed by atoms with Gasteiger partial charge >= 0.3 is 77.4 Å². The first kappa shape index (κ1) is 12.8. The fourth-order valence-corrected chi connectivity index (χ4v) is 1.94. The van der Waals surface area contributed by atoms with Crippen LogP contribution in [0.15, 0.2) is 0 Å². The summed E-state index contributed by atoms with van der Waals surface area (Å²) in [6.45, 7) is 3.91. The summed E-state index contributed by atoms with van der Waals surface area (Å²) in [5.74, 6) is -0.429. The van der Waals surface area contributed by atoms with Crippen molar-refractivity contribution in [3.05, 3.63) is 0 Å². The van der Waals surface area contributed by atoms with Gasteiger partial charge in [-0.15, -0.1) is 0 Å². The van der Waals surface area contributed by atoms with Crippen LogP contribution in [-0.4, -0.2) is 35.1 Å². The van der Waals surface area contributed by atoms with Crippen LogP contribution >= 0.6 is 7.94 Å². The molecule has 0 aliphatic carbocycles. The van der Waals surface area contributed by atoms with Gasteiger partial charge in [0.05, 0.1) is 0 Å². The second-order valence-electron chi connectivity index (χ2n) is 2.48. The number of carbonyl (C=O) groups excluding carboxylic acids is 1. The third-order valence-electron chi connectivity index (χ3n) is 1.34. The molecule has 5 nitrogen and oxygen atoms in total. The molecule has 0 aliphatic rings. The van der Waals surface area contributed by atoms with E-state index in [1.807, 2.05) is 0 Å². The molecule has 0 unspecified atom stereocenters. The number of hydrogen-bond acceptors (Lipinski definition) is 5. The van der Waals surface area contributed by atoms with Crippen molar-refractivity contribution in [1.82, 2.24) is 0 Å². The molecule has 0 aromatic heterocycles. The van der Waals surface area contributed by atoms with Gasteiger partial charge in [0.1, 0.15) is 0 Å². The second-order valence-corrected chi connectivity index (χ2v) is 4.76. The normalized spacial score (nSPS) is 12.6. The van der Waals surface area contributed by atoms with E-state index >= 15 is 0 Å². The summed E-state index contributed by atoms with van der Waals surface area (Å²) in [6, 6.07) is 0. The van der Waals surface area contributed by atoms with Gasteiger partial charge in [-0.2, -0.15) is 0 Å². The summed E-state index contributed by atoms with van der Waals surface area (Å²) < 4.78 is 9.32. The van der Waals surface area contributed by atoms with E-state index in [9.17, 15) is 14.6 Å². The molecule has 0 rings (SSSR count). The van der Waals surface area contributed by atoms with Crippen molar-refractivity contribution in [3.8, 4) is 0 Å². The monoisotopic (exact) mass is 212 g/mol. The Labute approximate surface area is 78.3 Å². The van der Waals surface area contributed by atoms with Crippen molar-refractivity contribution in [3.63, 3.8) is 0 Å². The number of rotatable bonds is 6. The minimum atomic E-state index is -3.60. The van der Waals surface area contributed by atoms with Crippen molar-refractivity contribution < 1.29 is 23.8 Å². The molecule has 0 aromatic carbocycles. The first-order chi connectivity index (χ1) is 6.02. The Morgan fingerprint density at radius 2 is 1.92 bits per heavy atom. The maximum absolute atomic E-state index is 10.8. The summed E-state index contributed by atoms with van der Waals surface area (Å²) in [5.41, 5.74) is 0. The fraction of sp³-hybridized carbons (Fsp3) is 0.857. The predicted octanol–water partition coefficient (Wildman–Crippen LogP) is 0.456. The summed E-state index contributed by atoms with van der Waals surface area (Å²) >= 11 is 0. The molecule has 0 spiro atoms. The van der Waals surface area contributed by atoms with Crippen LogP contribution in [0.25, 0.3) is 0 Å². The Kier molecular flexibility index (Phi) is 6.16. The van der Waals surface area contributed by atoms with Crippen LogP contribution in [0.2, 0.25) is 0 Å². The van der Waals surface area contributed by atoms with E-state index < -0.39 is 13.9 Å².